The third-order valence-electron chi connectivity index (χ3n) is 3.32. The van der Waals surface area contributed by atoms with Gasteiger partial charge in [-0.2, -0.15) is 0 Å². The third kappa shape index (κ3) is 2.09. The molecule has 0 spiro atoms. The lowest BCUT2D eigenvalue weighted by molar-refractivity contribution is 0.0981. The number of anilines is 2. The quantitative estimate of drug-likeness (QED) is 0.780. The van der Waals surface area contributed by atoms with Crippen molar-refractivity contribution >= 4 is 17.4 Å². The second kappa shape index (κ2) is 4.88. The highest BCUT2D eigenvalue weighted by molar-refractivity contribution is 6.06. The highest BCUT2D eigenvalue weighted by atomic mass is 16.2. The number of likely N-dealkylation sites (N-methyl/N-ethyl adjacent to an activating group) is 1. The van der Waals surface area contributed by atoms with Gasteiger partial charge >= 0.3 is 0 Å². The molecule has 102 valence electrons. The number of nitrogens with zero attached hydrogens (tertiary/aromatic N) is 5. The van der Waals surface area contributed by atoms with Gasteiger partial charge in [-0.15, -0.1) is 0 Å². The fraction of sp³-hybridized carbons (Fsp3) is 0.286. The van der Waals surface area contributed by atoms with Gasteiger partial charge in [0.1, 0.15) is 5.69 Å². The minimum absolute atomic E-state index is 0.139. The summed E-state index contributed by atoms with van der Waals surface area (Å²) in [5.74, 6) is 0.680. The first kappa shape index (κ1) is 12.5. The number of pyridine rings is 1. The molecule has 1 aliphatic rings. The number of aromatic nitrogens is 3. The summed E-state index contributed by atoms with van der Waals surface area (Å²) in [6.45, 7) is 3.33. The Morgan fingerprint density at radius 3 is 2.80 bits per heavy atom. The molecule has 1 aliphatic heterocycles. The van der Waals surface area contributed by atoms with Crippen LogP contribution in [0.3, 0.4) is 0 Å². The summed E-state index contributed by atoms with van der Waals surface area (Å²) < 4.78 is 0. The van der Waals surface area contributed by atoms with Gasteiger partial charge in [0.25, 0.3) is 5.91 Å². The van der Waals surface area contributed by atoms with Crippen molar-refractivity contribution < 1.29 is 4.79 Å². The summed E-state index contributed by atoms with van der Waals surface area (Å²) in [6, 6.07) is 1.98. The fourth-order valence-corrected chi connectivity index (χ4v) is 2.27. The van der Waals surface area contributed by atoms with Gasteiger partial charge in [-0.05, 0) is 18.6 Å². The van der Waals surface area contributed by atoms with Gasteiger partial charge < -0.3 is 9.80 Å². The SMILES string of the molecule is Cc1cnc2c(c1)N(C(=O)c1cnccn1)CCN2C. The molecule has 20 heavy (non-hydrogen) atoms. The van der Waals surface area contributed by atoms with E-state index in [9.17, 15) is 4.79 Å². The molecule has 6 nitrogen and oxygen atoms in total. The Bertz CT molecular complexity index is 643. The van der Waals surface area contributed by atoms with Gasteiger partial charge in [-0.3, -0.25) is 9.78 Å². The first-order valence-electron chi connectivity index (χ1n) is 6.42. The first-order chi connectivity index (χ1) is 9.66. The van der Waals surface area contributed by atoms with Crippen LogP contribution in [0.5, 0.6) is 0 Å². The van der Waals surface area contributed by atoms with Crippen molar-refractivity contribution in [3.63, 3.8) is 0 Å². The van der Waals surface area contributed by atoms with Gasteiger partial charge in [0, 0.05) is 38.7 Å². The zero-order chi connectivity index (χ0) is 14.1. The van der Waals surface area contributed by atoms with Gasteiger partial charge in [0.05, 0.1) is 11.9 Å². The molecular formula is C14H15N5O. The summed E-state index contributed by atoms with van der Waals surface area (Å²) in [5, 5.41) is 0. The molecule has 3 rings (SSSR count). The maximum Gasteiger partial charge on any atom is 0.278 e. The fourth-order valence-electron chi connectivity index (χ4n) is 2.27. The summed E-state index contributed by atoms with van der Waals surface area (Å²) >= 11 is 0. The van der Waals surface area contributed by atoms with Crippen molar-refractivity contribution in [3.05, 3.63) is 42.1 Å². The molecule has 2 aromatic rings. The zero-order valence-electron chi connectivity index (χ0n) is 11.4. The average Bonchev–Trinajstić information content (AvgIpc) is 2.48. The van der Waals surface area contributed by atoms with Crippen LogP contribution in [0.1, 0.15) is 16.1 Å². The Hall–Kier alpha value is -2.50. The Kier molecular flexibility index (Phi) is 3.06. The Labute approximate surface area is 117 Å². The van der Waals surface area contributed by atoms with Gasteiger partial charge in [0.15, 0.2) is 5.82 Å². The molecule has 0 saturated carbocycles. The molecule has 1 amide bonds. The standard InChI is InChI=1S/C14H15N5O/c1-10-7-12-13(17-8-10)18(2)5-6-19(12)14(20)11-9-15-3-4-16-11/h3-4,7-9H,5-6H2,1-2H3. The van der Waals surface area contributed by atoms with E-state index >= 15 is 0 Å². The van der Waals surface area contributed by atoms with Crippen LogP contribution in [0.4, 0.5) is 11.5 Å². The molecule has 0 fully saturated rings. The van der Waals surface area contributed by atoms with Crippen LogP contribution >= 0.6 is 0 Å². The molecule has 0 radical (unpaired) electrons. The van der Waals surface area contributed by atoms with Crippen molar-refractivity contribution in [2.75, 3.05) is 29.9 Å². The molecular weight excluding hydrogens is 254 g/mol. The summed E-state index contributed by atoms with van der Waals surface area (Å²) in [5.41, 5.74) is 2.20. The van der Waals surface area contributed by atoms with Gasteiger partial charge in [-0.1, -0.05) is 0 Å². The largest absolute Gasteiger partial charge is 0.356 e. The number of fused-ring (bicyclic) bond motifs is 1. The molecule has 0 atom stereocenters. The molecule has 0 N–H and O–H groups in total. The Morgan fingerprint density at radius 1 is 1.20 bits per heavy atom. The minimum atomic E-state index is -0.139. The number of aryl methyl sites for hydroxylation is 1. The highest BCUT2D eigenvalue weighted by Gasteiger charge is 2.27. The Morgan fingerprint density at radius 2 is 2.05 bits per heavy atom. The normalized spacial score (nSPS) is 14.1. The van der Waals surface area contributed by atoms with Crippen LogP contribution < -0.4 is 9.80 Å². The zero-order valence-corrected chi connectivity index (χ0v) is 11.4. The molecule has 3 heterocycles. The predicted molar refractivity (Wildman–Crippen MR) is 76.0 cm³/mol. The van der Waals surface area contributed by atoms with Crippen LogP contribution in [0.25, 0.3) is 0 Å². The number of carbonyl (C=O) groups is 1. The number of hydrogen-bond donors (Lipinski definition) is 0. The summed E-state index contributed by atoms with van der Waals surface area (Å²) in [7, 11) is 1.98. The molecule has 2 aromatic heterocycles. The van der Waals surface area contributed by atoms with Gasteiger partial charge in [0.2, 0.25) is 0 Å². The van der Waals surface area contributed by atoms with Crippen LogP contribution in [-0.4, -0.2) is 41.0 Å². The third-order valence-corrected chi connectivity index (χ3v) is 3.32. The van der Waals surface area contributed by atoms with E-state index in [4.69, 9.17) is 0 Å². The smallest absolute Gasteiger partial charge is 0.278 e. The number of rotatable bonds is 1. The molecule has 0 saturated heterocycles. The van der Waals surface area contributed by atoms with Crippen LogP contribution in [0, 0.1) is 6.92 Å². The Balaban J connectivity index is 2.02. The van der Waals surface area contributed by atoms with E-state index in [1.54, 1.807) is 11.1 Å². The van der Waals surface area contributed by atoms with E-state index in [1.807, 2.05) is 26.2 Å². The van der Waals surface area contributed by atoms with Crippen LogP contribution in [0.15, 0.2) is 30.9 Å². The van der Waals surface area contributed by atoms with E-state index < -0.39 is 0 Å². The lowest BCUT2D eigenvalue weighted by atomic mass is 10.2. The first-order valence-corrected chi connectivity index (χ1v) is 6.42. The van der Waals surface area contributed by atoms with E-state index in [0.29, 0.717) is 12.2 Å². The van der Waals surface area contributed by atoms with E-state index in [0.717, 1.165) is 23.6 Å². The van der Waals surface area contributed by atoms with Crippen LogP contribution in [0.2, 0.25) is 0 Å². The minimum Gasteiger partial charge on any atom is -0.356 e. The molecule has 0 bridgehead atoms. The topological polar surface area (TPSA) is 62.2 Å². The molecule has 0 aliphatic carbocycles. The maximum atomic E-state index is 12.6. The lowest BCUT2D eigenvalue weighted by Crippen LogP contribution is -2.43. The van der Waals surface area contributed by atoms with E-state index in [2.05, 4.69) is 19.9 Å². The van der Waals surface area contributed by atoms with Gasteiger partial charge in [-0.25, -0.2) is 9.97 Å². The maximum absolute atomic E-state index is 12.6. The molecule has 0 aromatic carbocycles. The monoisotopic (exact) mass is 269 g/mol. The van der Waals surface area contributed by atoms with E-state index in [1.165, 1.54) is 12.4 Å². The lowest BCUT2D eigenvalue weighted by Gasteiger charge is -2.34. The molecule has 0 unspecified atom stereocenters. The predicted octanol–water partition coefficient (Wildman–Crippen LogP) is 1.28. The second-order valence-electron chi connectivity index (χ2n) is 4.82. The number of amides is 1. The highest BCUT2D eigenvalue weighted by Crippen LogP contribution is 2.31. The van der Waals surface area contributed by atoms with Crippen molar-refractivity contribution in [2.24, 2.45) is 0 Å². The van der Waals surface area contributed by atoms with Crippen molar-refractivity contribution in [1.82, 2.24) is 15.0 Å². The van der Waals surface area contributed by atoms with Crippen molar-refractivity contribution in [1.29, 1.82) is 0 Å². The van der Waals surface area contributed by atoms with Crippen molar-refractivity contribution in [2.45, 2.75) is 6.92 Å². The number of hydrogen-bond acceptors (Lipinski definition) is 5. The van der Waals surface area contributed by atoms with Crippen molar-refractivity contribution in [3.8, 4) is 0 Å². The number of carbonyl (C=O) groups excluding carboxylic acids is 1. The van der Waals surface area contributed by atoms with Crippen LogP contribution in [-0.2, 0) is 0 Å². The summed E-state index contributed by atoms with van der Waals surface area (Å²) in [6.07, 6.45) is 6.38. The second-order valence-corrected chi connectivity index (χ2v) is 4.82. The molecule has 6 heteroatoms. The summed E-state index contributed by atoms with van der Waals surface area (Å²) in [4.78, 5) is 28.8. The van der Waals surface area contributed by atoms with E-state index in [-0.39, 0.29) is 5.91 Å². The average molecular weight is 269 g/mol.